The Morgan fingerprint density at radius 2 is 2.08 bits per heavy atom. The normalized spacial score (nSPS) is 12.2. The highest BCUT2D eigenvalue weighted by atomic mass is 35.5. The third-order valence-corrected chi connectivity index (χ3v) is 4.31. The quantitative estimate of drug-likeness (QED) is 0.800. The van der Waals surface area contributed by atoms with Gasteiger partial charge in [-0.15, -0.1) is 0 Å². The van der Waals surface area contributed by atoms with Crippen molar-refractivity contribution in [3.63, 3.8) is 0 Å². The van der Waals surface area contributed by atoms with Gasteiger partial charge in [-0.3, -0.25) is 9.48 Å². The van der Waals surface area contributed by atoms with Crippen LogP contribution in [0, 0.1) is 6.92 Å². The van der Waals surface area contributed by atoms with Crippen LogP contribution in [-0.4, -0.2) is 29.9 Å². The number of carbonyl (C=O) groups excluding carboxylic acids is 1. The highest BCUT2D eigenvalue weighted by molar-refractivity contribution is 6.31. The van der Waals surface area contributed by atoms with Gasteiger partial charge in [0.25, 0.3) is 0 Å². The average Bonchev–Trinajstić information content (AvgIpc) is 2.84. The number of halogens is 1. The van der Waals surface area contributed by atoms with Crippen molar-refractivity contribution in [1.29, 1.82) is 0 Å². The van der Waals surface area contributed by atoms with Crippen LogP contribution in [0.5, 0.6) is 11.5 Å². The summed E-state index contributed by atoms with van der Waals surface area (Å²) in [5.74, 6) is 1.12. The molecule has 25 heavy (non-hydrogen) atoms. The number of nitrogens with one attached hydrogen (secondary N) is 1. The summed E-state index contributed by atoms with van der Waals surface area (Å²) in [4.78, 5) is 12.2. The van der Waals surface area contributed by atoms with Gasteiger partial charge in [0, 0.05) is 30.3 Å². The average molecular weight is 364 g/mol. The topological polar surface area (TPSA) is 65.4 Å². The summed E-state index contributed by atoms with van der Waals surface area (Å²) in [6, 6.07) is 5.25. The minimum atomic E-state index is -0.233. The molecule has 6 nitrogen and oxygen atoms in total. The highest BCUT2D eigenvalue weighted by Gasteiger charge is 2.14. The number of hydrogen-bond donors (Lipinski definition) is 1. The van der Waals surface area contributed by atoms with Gasteiger partial charge in [-0.05, 0) is 32.1 Å². The van der Waals surface area contributed by atoms with Gasteiger partial charge < -0.3 is 14.8 Å². The van der Waals surface area contributed by atoms with Crippen molar-refractivity contribution in [2.24, 2.45) is 7.05 Å². The zero-order valence-corrected chi connectivity index (χ0v) is 15.7. The van der Waals surface area contributed by atoms with Gasteiger partial charge in [-0.2, -0.15) is 5.10 Å². The van der Waals surface area contributed by atoms with E-state index >= 15 is 0 Å². The Labute approximate surface area is 152 Å². The molecule has 7 heteroatoms. The first-order chi connectivity index (χ1) is 11.9. The Morgan fingerprint density at radius 1 is 1.36 bits per heavy atom. The van der Waals surface area contributed by atoms with Crippen LogP contribution in [0.4, 0.5) is 0 Å². The first kappa shape index (κ1) is 18.9. The minimum Gasteiger partial charge on any atom is -0.497 e. The largest absolute Gasteiger partial charge is 0.497 e. The van der Waals surface area contributed by atoms with Gasteiger partial charge in [-0.1, -0.05) is 11.6 Å². The summed E-state index contributed by atoms with van der Waals surface area (Å²) in [5, 5.41) is 7.61. The number of benzene rings is 1. The third-order valence-electron chi connectivity index (χ3n) is 3.86. The van der Waals surface area contributed by atoms with E-state index < -0.39 is 0 Å². The SMILES string of the molecule is COc1ccc(C(C)NC(=O)/C=C/c2c(C)nn(C)c2Cl)c(OC)c1. The predicted octanol–water partition coefficient (Wildman–Crippen LogP) is 3.29. The summed E-state index contributed by atoms with van der Waals surface area (Å²) in [6.07, 6.45) is 3.11. The van der Waals surface area contributed by atoms with Crippen molar-refractivity contribution < 1.29 is 14.3 Å². The Morgan fingerprint density at radius 3 is 2.64 bits per heavy atom. The second-order valence-corrected chi connectivity index (χ2v) is 5.94. The van der Waals surface area contributed by atoms with E-state index in [-0.39, 0.29) is 11.9 Å². The molecule has 134 valence electrons. The summed E-state index contributed by atoms with van der Waals surface area (Å²) in [5.41, 5.74) is 2.36. The van der Waals surface area contributed by atoms with Gasteiger partial charge >= 0.3 is 0 Å². The molecule has 1 unspecified atom stereocenters. The molecule has 1 N–H and O–H groups in total. The number of methoxy groups -OCH3 is 2. The fourth-order valence-corrected chi connectivity index (χ4v) is 2.75. The molecule has 1 atom stereocenters. The summed E-state index contributed by atoms with van der Waals surface area (Å²) in [6.45, 7) is 3.73. The lowest BCUT2D eigenvalue weighted by atomic mass is 10.1. The first-order valence-electron chi connectivity index (χ1n) is 7.77. The van der Waals surface area contributed by atoms with Crippen molar-refractivity contribution in [1.82, 2.24) is 15.1 Å². The van der Waals surface area contributed by atoms with E-state index in [1.807, 2.05) is 26.0 Å². The Kier molecular flexibility index (Phi) is 6.09. The summed E-state index contributed by atoms with van der Waals surface area (Å²) >= 11 is 6.16. The smallest absolute Gasteiger partial charge is 0.244 e. The number of hydrogen-bond acceptors (Lipinski definition) is 4. The Balaban J connectivity index is 2.11. The second kappa shape index (κ2) is 8.07. The minimum absolute atomic E-state index is 0.232. The van der Waals surface area contributed by atoms with E-state index in [2.05, 4.69) is 10.4 Å². The van der Waals surface area contributed by atoms with Gasteiger partial charge in [0.15, 0.2) is 0 Å². The van der Waals surface area contributed by atoms with Gasteiger partial charge in [0.2, 0.25) is 5.91 Å². The number of carbonyl (C=O) groups is 1. The molecule has 2 rings (SSSR count). The van der Waals surface area contributed by atoms with E-state index in [0.717, 1.165) is 16.8 Å². The van der Waals surface area contributed by atoms with E-state index in [1.165, 1.54) is 6.08 Å². The monoisotopic (exact) mass is 363 g/mol. The molecule has 0 aliphatic carbocycles. The van der Waals surface area contributed by atoms with Crippen molar-refractivity contribution in [3.8, 4) is 11.5 Å². The van der Waals surface area contributed by atoms with E-state index in [4.69, 9.17) is 21.1 Å². The maximum Gasteiger partial charge on any atom is 0.244 e. The van der Waals surface area contributed by atoms with Crippen molar-refractivity contribution in [2.75, 3.05) is 14.2 Å². The number of aromatic nitrogens is 2. The second-order valence-electron chi connectivity index (χ2n) is 5.58. The molecule has 0 saturated carbocycles. The number of ether oxygens (including phenoxy) is 2. The van der Waals surface area contributed by atoms with E-state index in [0.29, 0.717) is 16.7 Å². The van der Waals surface area contributed by atoms with Crippen molar-refractivity contribution in [3.05, 3.63) is 46.2 Å². The molecule has 1 heterocycles. The number of rotatable bonds is 6. The summed E-state index contributed by atoms with van der Waals surface area (Å²) in [7, 11) is 4.93. The third kappa shape index (κ3) is 4.33. The van der Waals surface area contributed by atoms with Gasteiger partial charge in [-0.25, -0.2) is 0 Å². The Bertz CT molecular complexity index is 799. The zero-order chi connectivity index (χ0) is 18.6. The molecule has 0 spiro atoms. The van der Waals surface area contributed by atoms with E-state index in [9.17, 15) is 4.79 Å². The molecular formula is C18H22ClN3O3. The lowest BCUT2D eigenvalue weighted by Crippen LogP contribution is -2.25. The predicted molar refractivity (Wildman–Crippen MR) is 98.1 cm³/mol. The maximum atomic E-state index is 12.2. The van der Waals surface area contributed by atoms with Crippen molar-refractivity contribution >= 4 is 23.6 Å². The van der Waals surface area contributed by atoms with Crippen LogP contribution in [0.25, 0.3) is 6.08 Å². The first-order valence-corrected chi connectivity index (χ1v) is 8.14. The molecular weight excluding hydrogens is 342 g/mol. The van der Waals surface area contributed by atoms with Crippen LogP contribution >= 0.6 is 11.6 Å². The molecule has 1 aromatic heterocycles. The molecule has 0 saturated heterocycles. The van der Waals surface area contributed by atoms with Crippen LogP contribution in [0.15, 0.2) is 24.3 Å². The van der Waals surface area contributed by atoms with Crippen LogP contribution < -0.4 is 14.8 Å². The maximum absolute atomic E-state index is 12.2. The van der Waals surface area contributed by atoms with Gasteiger partial charge in [0.05, 0.1) is 26.0 Å². The number of amides is 1. The van der Waals surface area contributed by atoms with Gasteiger partial charge in [0.1, 0.15) is 16.7 Å². The fraction of sp³-hybridized carbons (Fsp3) is 0.333. The standard InChI is InChI=1S/C18H22ClN3O3/c1-11(14-7-6-13(24-4)10-16(14)25-5)20-17(23)9-8-15-12(2)21-22(3)18(15)19/h6-11H,1-5H3,(H,20,23)/b9-8+. The summed E-state index contributed by atoms with van der Waals surface area (Å²) < 4.78 is 12.1. The molecule has 0 bridgehead atoms. The molecule has 1 amide bonds. The molecule has 0 aliphatic heterocycles. The number of nitrogens with zero attached hydrogens (tertiary/aromatic N) is 2. The fourth-order valence-electron chi connectivity index (χ4n) is 2.51. The van der Waals surface area contributed by atoms with E-state index in [1.54, 1.807) is 38.1 Å². The Hall–Kier alpha value is -2.47. The molecule has 1 aromatic carbocycles. The lowest BCUT2D eigenvalue weighted by molar-refractivity contribution is -0.117. The zero-order valence-electron chi connectivity index (χ0n) is 15.0. The number of aryl methyl sites for hydroxylation is 2. The van der Waals surface area contributed by atoms with Crippen LogP contribution in [0.1, 0.15) is 29.8 Å². The molecule has 0 aliphatic rings. The van der Waals surface area contributed by atoms with Crippen LogP contribution in [0.3, 0.4) is 0 Å². The molecule has 0 radical (unpaired) electrons. The van der Waals surface area contributed by atoms with Crippen LogP contribution in [0.2, 0.25) is 5.15 Å². The van der Waals surface area contributed by atoms with Crippen LogP contribution in [-0.2, 0) is 11.8 Å². The molecule has 0 fully saturated rings. The highest BCUT2D eigenvalue weighted by Crippen LogP contribution is 2.29. The molecule has 2 aromatic rings. The van der Waals surface area contributed by atoms with Crippen molar-refractivity contribution in [2.45, 2.75) is 19.9 Å². The lowest BCUT2D eigenvalue weighted by Gasteiger charge is -2.17.